The molecule has 0 unspecified atom stereocenters. The van der Waals surface area contributed by atoms with Gasteiger partial charge in [0, 0.05) is 19.2 Å². The van der Waals surface area contributed by atoms with E-state index in [1.165, 1.54) is 13.4 Å². The molecule has 0 amide bonds. The first-order valence-corrected chi connectivity index (χ1v) is 9.50. The van der Waals surface area contributed by atoms with Gasteiger partial charge < -0.3 is 19.7 Å². The molecule has 29 heavy (non-hydrogen) atoms. The third kappa shape index (κ3) is 5.69. The maximum atomic E-state index is 12.0. The highest BCUT2D eigenvalue weighted by molar-refractivity contribution is 5.77. The van der Waals surface area contributed by atoms with Gasteiger partial charge in [0.2, 0.25) is 11.6 Å². The molecule has 0 saturated carbocycles. The molecular weight excluding hydrogens is 374 g/mol. The Labute approximate surface area is 171 Å². The molecule has 0 aliphatic rings. The fourth-order valence-corrected chi connectivity index (χ4v) is 3.03. The van der Waals surface area contributed by atoms with Crippen molar-refractivity contribution in [3.8, 4) is 11.5 Å². The van der Waals surface area contributed by atoms with Crippen LogP contribution in [0.2, 0.25) is 0 Å². The van der Waals surface area contributed by atoms with E-state index in [4.69, 9.17) is 9.47 Å². The highest BCUT2D eigenvalue weighted by atomic mass is 16.6. The Balaban J connectivity index is 2.54. The summed E-state index contributed by atoms with van der Waals surface area (Å²) in [5, 5.41) is 15.0. The van der Waals surface area contributed by atoms with Crippen molar-refractivity contribution in [1.29, 1.82) is 0 Å². The lowest BCUT2D eigenvalue weighted by molar-refractivity contribution is -0.383. The largest absolute Gasteiger partial charge is 0.497 e. The molecule has 0 saturated heterocycles. The van der Waals surface area contributed by atoms with Crippen LogP contribution in [-0.4, -0.2) is 42.2 Å². The summed E-state index contributed by atoms with van der Waals surface area (Å²) in [6, 6.07) is 5.17. The third-order valence-corrected chi connectivity index (χ3v) is 4.12. The van der Waals surface area contributed by atoms with Crippen molar-refractivity contribution < 1.29 is 14.4 Å². The van der Waals surface area contributed by atoms with E-state index in [2.05, 4.69) is 43.0 Å². The van der Waals surface area contributed by atoms with E-state index in [0.717, 1.165) is 0 Å². The Morgan fingerprint density at radius 1 is 1.10 bits per heavy atom. The number of nitro groups is 1. The van der Waals surface area contributed by atoms with Gasteiger partial charge in [-0.1, -0.05) is 27.7 Å². The summed E-state index contributed by atoms with van der Waals surface area (Å²) in [4.78, 5) is 21.9. The SMILES string of the molecule is COc1ccc(OC)c(Nc2ncnc(N(CC(C)C)CC(C)C)c2[N+](=O)[O-])c1. The predicted octanol–water partition coefficient (Wildman–Crippen LogP) is 4.26. The van der Waals surface area contributed by atoms with Crippen molar-refractivity contribution in [2.75, 3.05) is 37.5 Å². The maximum Gasteiger partial charge on any atom is 0.353 e. The lowest BCUT2D eigenvalue weighted by Crippen LogP contribution is -2.32. The van der Waals surface area contributed by atoms with Crippen molar-refractivity contribution in [2.45, 2.75) is 27.7 Å². The van der Waals surface area contributed by atoms with E-state index in [1.54, 1.807) is 25.3 Å². The summed E-state index contributed by atoms with van der Waals surface area (Å²) in [6.45, 7) is 9.58. The van der Waals surface area contributed by atoms with Crippen LogP contribution in [0.5, 0.6) is 11.5 Å². The van der Waals surface area contributed by atoms with Crippen molar-refractivity contribution >= 4 is 23.0 Å². The first kappa shape index (κ1) is 22.2. The summed E-state index contributed by atoms with van der Waals surface area (Å²) in [7, 11) is 3.08. The molecule has 0 spiro atoms. The minimum absolute atomic E-state index is 0.101. The molecule has 0 aliphatic carbocycles. The van der Waals surface area contributed by atoms with Gasteiger partial charge in [0.25, 0.3) is 0 Å². The molecule has 2 aromatic rings. The van der Waals surface area contributed by atoms with Crippen LogP contribution in [0.25, 0.3) is 0 Å². The van der Waals surface area contributed by atoms with Crippen LogP contribution >= 0.6 is 0 Å². The molecule has 0 radical (unpaired) electrons. The van der Waals surface area contributed by atoms with Crippen molar-refractivity contribution in [3.05, 3.63) is 34.6 Å². The topological polar surface area (TPSA) is 103 Å². The average Bonchev–Trinajstić information content (AvgIpc) is 2.66. The number of nitrogens with zero attached hydrogens (tertiary/aromatic N) is 4. The maximum absolute atomic E-state index is 12.0. The standard InChI is InChI=1S/C20H29N5O4/c1-13(2)10-24(11-14(3)4)20-18(25(26)27)19(21-12-22-20)23-16-9-15(28-5)7-8-17(16)29-6/h7-9,12-14H,10-11H2,1-6H3,(H,21,22,23). The van der Waals surface area contributed by atoms with Gasteiger partial charge in [-0.3, -0.25) is 10.1 Å². The number of benzene rings is 1. The summed E-state index contributed by atoms with van der Waals surface area (Å²) in [6.07, 6.45) is 1.34. The predicted molar refractivity (Wildman–Crippen MR) is 113 cm³/mol. The van der Waals surface area contributed by atoms with E-state index in [9.17, 15) is 10.1 Å². The lowest BCUT2D eigenvalue weighted by atomic mass is 10.1. The summed E-state index contributed by atoms with van der Waals surface area (Å²) < 4.78 is 10.6. The van der Waals surface area contributed by atoms with Crippen LogP contribution in [0.4, 0.5) is 23.0 Å². The molecule has 158 valence electrons. The number of rotatable bonds is 10. The zero-order chi connectivity index (χ0) is 21.6. The summed E-state index contributed by atoms with van der Waals surface area (Å²) >= 11 is 0. The molecule has 0 aliphatic heterocycles. The third-order valence-electron chi connectivity index (χ3n) is 4.12. The van der Waals surface area contributed by atoms with Gasteiger partial charge in [-0.25, -0.2) is 9.97 Å². The second-order valence-corrected chi connectivity index (χ2v) is 7.54. The second-order valence-electron chi connectivity index (χ2n) is 7.54. The number of hydrogen-bond donors (Lipinski definition) is 1. The Morgan fingerprint density at radius 2 is 1.76 bits per heavy atom. The van der Waals surface area contributed by atoms with Crippen LogP contribution in [-0.2, 0) is 0 Å². The van der Waals surface area contributed by atoms with Crippen LogP contribution in [0.3, 0.4) is 0 Å². The summed E-state index contributed by atoms with van der Waals surface area (Å²) in [5.74, 6) is 2.14. The number of anilines is 3. The molecule has 1 aromatic heterocycles. The van der Waals surface area contributed by atoms with Crippen molar-refractivity contribution in [2.24, 2.45) is 11.8 Å². The molecule has 9 heteroatoms. The first-order valence-electron chi connectivity index (χ1n) is 9.50. The monoisotopic (exact) mass is 403 g/mol. The Bertz CT molecular complexity index is 832. The van der Waals surface area contributed by atoms with Crippen molar-refractivity contribution in [3.63, 3.8) is 0 Å². The van der Waals surface area contributed by atoms with Crippen molar-refractivity contribution in [1.82, 2.24) is 9.97 Å². The van der Waals surface area contributed by atoms with E-state index in [-0.39, 0.29) is 11.5 Å². The second kappa shape index (κ2) is 9.90. The Hall–Kier alpha value is -3.10. The van der Waals surface area contributed by atoms with Gasteiger partial charge in [-0.2, -0.15) is 0 Å². The zero-order valence-corrected chi connectivity index (χ0v) is 17.8. The molecule has 9 nitrogen and oxygen atoms in total. The van der Waals surface area contributed by atoms with Crippen LogP contribution in [0.15, 0.2) is 24.5 Å². The summed E-state index contributed by atoms with van der Waals surface area (Å²) in [5.41, 5.74) is 0.345. The smallest absolute Gasteiger partial charge is 0.353 e. The number of aromatic nitrogens is 2. The first-order chi connectivity index (χ1) is 13.8. The van der Waals surface area contributed by atoms with Gasteiger partial charge in [-0.05, 0) is 24.0 Å². The molecular formula is C20H29N5O4. The van der Waals surface area contributed by atoms with E-state index in [1.807, 2.05) is 4.90 Å². The van der Waals surface area contributed by atoms with Gasteiger partial charge in [0.05, 0.1) is 24.8 Å². The van der Waals surface area contributed by atoms with Gasteiger partial charge >= 0.3 is 5.69 Å². The average molecular weight is 403 g/mol. The number of nitrogens with one attached hydrogen (secondary N) is 1. The molecule has 0 fully saturated rings. The van der Waals surface area contributed by atoms with Gasteiger partial charge in [0.15, 0.2) is 0 Å². The molecule has 0 bridgehead atoms. The normalized spacial score (nSPS) is 10.9. The highest BCUT2D eigenvalue weighted by Crippen LogP contribution is 2.37. The van der Waals surface area contributed by atoms with E-state index >= 15 is 0 Å². The Kier molecular flexibility index (Phi) is 7.58. The fraction of sp³-hybridized carbons (Fsp3) is 0.500. The minimum Gasteiger partial charge on any atom is -0.497 e. The van der Waals surface area contributed by atoms with Gasteiger partial charge in [0.1, 0.15) is 17.8 Å². The molecule has 1 heterocycles. The molecule has 1 aromatic carbocycles. The molecule has 1 N–H and O–H groups in total. The van der Waals surface area contributed by atoms with Gasteiger partial charge in [-0.15, -0.1) is 0 Å². The highest BCUT2D eigenvalue weighted by Gasteiger charge is 2.28. The molecule has 0 atom stereocenters. The number of hydrogen-bond acceptors (Lipinski definition) is 8. The number of ether oxygens (including phenoxy) is 2. The number of methoxy groups -OCH3 is 2. The van der Waals surface area contributed by atoms with Crippen LogP contribution in [0, 0.1) is 22.0 Å². The quantitative estimate of drug-likeness (QED) is 0.463. The van der Waals surface area contributed by atoms with Crippen LogP contribution in [0.1, 0.15) is 27.7 Å². The zero-order valence-electron chi connectivity index (χ0n) is 17.8. The van der Waals surface area contributed by atoms with E-state index < -0.39 is 4.92 Å². The lowest BCUT2D eigenvalue weighted by Gasteiger charge is -2.27. The fourth-order valence-electron chi connectivity index (χ4n) is 3.03. The Morgan fingerprint density at radius 3 is 2.28 bits per heavy atom. The van der Waals surface area contributed by atoms with Crippen LogP contribution < -0.4 is 19.7 Å². The molecule has 2 rings (SSSR count). The minimum atomic E-state index is -0.446. The van der Waals surface area contributed by atoms with E-state index in [0.29, 0.717) is 47.9 Å².